The van der Waals surface area contributed by atoms with E-state index in [1.54, 1.807) is 34.8 Å². The van der Waals surface area contributed by atoms with Crippen molar-refractivity contribution in [3.8, 4) is 11.4 Å². The number of hydrogen-bond donors (Lipinski definition) is 0. The van der Waals surface area contributed by atoms with Crippen LogP contribution in [0.25, 0.3) is 15.9 Å². The molecule has 3 aromatic rings. The van der Waals surface area contributed by atoms with Crippen LogP contribution in [-0.4, -0.2) is 28.0 Å². The first-order valence-corrected chi connectivity index (χ1v) is 11.6. The van der Waals surface area contributed by atoms with E-state index >= 15 is 0 Å². The van der Waals surface area contributed by atoms with Crippen molar-refractivity contribution in [3.05, 3.63) is 45.1 Å². The van der Waals surface area contributed by atoms with Gasteiger partial charge < -0.3 is 9.47 Å². The van der Waals surface area contributed by atoms with Gasteiger partial charge in [-0.1, -0.05) is 39.5 Å². The fraction of sp³-hybridized carbons (Fsp3) is 0.455. The molecule has 154 valence electrons. The van der Waals surface area contributed by atoms with Gasteiger partial charge in [-0.05, 0) is 35.7 Å². The van der Waals surface area contributed by atoms with E-state index in [-0.39, 0.29) is 11.7 Å². The number of benzene rings is 1. The van der Waals surface area contributed by atoms with Crippen molar-refractivity contribution < 1.29 is 9.47 Å². The molecule has 0 aliphatic carbocycles. The predicted molar refractivity (Wildman–Crippen MR) is 120 cm³/mol. The van der Waals surface area contributed by atoms with Gasteiger partial charge in [-0.25, -0.2) is 4.98 Å². The third-order valence-corrected chi connectivity index (χ3v) is 7.18. The number of aromatic nitrogens is 2. The summed E-state index contributed by atoms with van der Waals surface area (Å²) in [6.45, 7) is 9.11. The van der Waals surface area contributed by atoms with Crippen molar-refractivity contribution in [1.82, 2.24) is 9.55 Å². The van der Waals surface area contributed by atoms with Gasteiger partial charge in [0.25, 0.3) is 5.56 Å². The van der Waals surface area contributed by atoms with Crippen molar-refractivity contribution >= 4 is 33.3 Å². The van der Waals surface area contributed by atoms with E-state index in [2.05, 4.69) is 27.7 Å². The predicted octanol–water partition coefficient (Wildman–Crippen LogP) is 5.05. The maximum absolute atomic E-state index is 13.7. The first kappa shape index (κ1) is 20.4. The minimum absolute atomic E-state index is 0.00484. The number of hydrogen-bond acceptors (Lipinski definition) is 6. The first-order valence-electron chi connectivity index (χ1n) is 9.89. The molecule has 2 aromatic heterocycles. The number of methoxy groups -OCH3 is 1. The van der Waals surface area contributed by atoms with E-state index in [9.17, 15) is 4.79 Å². The van der Waals surface area contributed by atoms with Crippen LogP contribution in [0.5, 0.6) is 5.75 Å². The summed E-state index contributed by atoms with van der Waals surface area (Å²) in [6, 6.07) is 7.58. The number of thioether (sulfide) groups is 1. The molecule has 3 heterocycles. The topological polar surface area (TPSA) is 53.4 Å². The Morgan fingerprint density at radius 1 is 1.24 bits per heavy atom. The lowest BCUT2D eigenvalue weighted by atomic mass is 9.96. The largest absolute Gasteiger partial charge is 0.497 e. The second kappa shape index (κ2) is 8.13. The Hall–Kier alpha value is -1.83. The standard InChI is InChI=1S/C22H26N2O3S2/c1-12(2)17-10-16-18(11-27-17)29-20-19(16)21(25)24(22(23-20)28-13(3)4)14-6-8-15(26-5)9-7-14/h6-9,12-13,17H,10-11H2,1-5H3. The molecule has 1 aliphatic heterocycles. The van der Waals surface area contributed by atoms with Crippen LogP contribution in [0.2, 0.25) is 0 Å². The lowest BCUT2D eigenvalue weighted by Crippen LogP contribution is -2.28. The SMILES string of the molecule is COc1ccc(-n2c(SC(C)C)nc3sc4c(c3c2=O)CC(C(C)C)OC4)cc1. The molecule has 1 unspecified atom stereocenters. The zero-order chi connectivity index (χ0) is 20.7. The molecule has 5 nitrogen and oxygen atoms in total. The van der Waals surface area contributed by atoms with Gasteiger partial charge in [-0.15, -0.1) is 11.3 Å². The Bertz CT molecular complexity index is 1080. The van der Waals surface area contributed by atoms with Gasteiger partial charge >= 0.3 is 0 Å². The van der Waals surface area contributed by atoms with Crippen LogP contribution >= 0.6 is 23.1 Å². The second-order valence-electron chi connectivity index (χ2n) is 7.88. The van der Waals surface area contributed by atoms with Crippen LogP contribution in [-0.2, 0) is 17.8 Å². The van der Waals surface area contributed by atoms with E-state index in [1.165, 1.54) is 0 Å². The molecule has 4 rings (SSSR count). The molecule has 0 spiro atoms. The fourth-order valence-electron chi connectivity index (χ4n) is 3.58. The van der Waals surface area contributed by atoms with Gasteiger partial charge in [-0.2, -0.15) is 0 Å². The molecule has 0 bridgehead atoms. The summed E-state index contributed by atoms with van der Waals surface area (Å²) in [5, 5.41) is 1.79. The van der Waals surface area contributed by atoms with E-state index in [4.69, 9.17) is 14.5 Å². The van der Waals surface area contributed by atoms with Crippen LogP contribution in [0, 0.1) is 5.92 Å². The summed E-state index contributed by atoms with van der Waals surface area (Å²) in [4.78, 5) is 20.6. The Kier molecular flexibility index (Phi) is 5.73. The summed E-state index contributed by atoms with van der Waals surface area (Å²) in [7, 11) is 1.64. The second-order valence-corrected chi connectivity index (χ2v) is 10.5. The molecule has 1 aromatic carbocycles. The average molecular weight is 431 g/mol. The van der Waals surface area contributed by atoms with Gasteiger partial charge in [0.1, 0.15) is 10.6 Å². The highest BCUT2D eigenvalue weighted by molar-refractivity contribution is 7.99. The molecule has 7 heteroatoms. The van der Waals surface area contributed by atoms with E-state index in [0.29, 0.717) is 17.8 Å². The number of thiophene rings is 1. The van der Waals surface area contributed by atoms with Gasteiger partial charge in [0.05, 0.1) is 30.9 Å². The van der Waals surface area contributed by atoms with Gasteiger partial charge in [0.15, 0.2) is 5.16 Å². The lowest BCUT2D eigenvalue weighted by molar-refractivity contribution is 0.00200. The van der Waals surface area contributed by atoms with Crippen molar-refractivity contribution in [2.45, 2.75) is 57.2 Å². The minimum atomic E-state index is 0.00484. The summed E-state index contributed by atoms with van der Waals surface area (Å²) in [6.07, 6.45) is 0.905. The van der Waals surface area contributed by atoms with Crippen LogP contribution in [0.1, 0.15) is 38.1 Å². The summed E-state index contributed by atoms with van der Waals surface area (Å²) < 4.78 is 13.1. The Balaban J connectivity index is 1.93. The highest BCUT2D eigenvalue weighted by Crippen LogP contribution is 2.36. The van der Waals surface area contributed by atoms with Crippen LogP contribution in [0.4, 0.5) is 0 Å². The van der Waals surface area contributed by atoms with Crippen molar-refractivity contribution in [1.29, 1.82) is 0 Å². The summed E-state index contributed by atoms with van der Waals surface area (Å²) in [5.41, 5.74) is 1.93. The van der Waals surface area contributed by atoms with Crippen molar-refractivity contribution in [2.75, 3.05) is 7.11 Å². The molecule has 29 heavy (non-hydrogen) atoms. The van der Waals surface area contributed by atoms with Crippen molar-refractivity contribution in [3.63, 3.8) is 0 Å². The normalized spacial score (nSPS) is 16.6. The van der Waals surface area contributed by atoms with E-state index < -0.39 is 0 Å². The highest BCUT2D eigenvalue weighted by atomic mass is 32.2. The molecule has 0 radical (unpaired) electrons. The molecule has 0 amide bonds. The van der Waals surface area contributed by atoms with Gasteiger partial charge in [0.2, 0.25) is 0 Å². The molecular formula is C22H26N2O3S2. The van der Waals surface area contributed by atoms with E-state index in [1.807, 2.05) is 24.3 Å². The smallest absolute Gasteiger partial charge is 0.267 e. The average Bonchev–Trinajstić information content (AvgIpc) is 3.05. The van der Waals surface area contributed by atoms with Gasteiger partial charge in [-0.3, -0.25) is 9.36 Å². The maximum atomic E-state index is 13.7. The maximum Gasteiger partial charge on any atom is 0.267 e. The minimum Gasteiger partial charge on any atom is -0.497 e. The number of rotatable bonds is 5. The third kappa shape index (κ3) is 3.83. The monoisotopic (exact) mass is 430 g/mol. The number of ether oxygens (including phenoxy) is 2. The fourth-order valence-corrected chi connectivity index (χ4v) is 5.62. The molecule has 0 N–H and O–H groups in total. The van der Waals surface area contributed by atoms with Crippen LogP contribution in [0.3, 0.4) is 0 Å². The third-order valence-electron chi connectivity index (χ3n) is 5.13. The lowest BCUT2D eigenvalue weighted by Gasteiger charge is -2.26. The zero-order valence-corrected chi connectivity index (χ0v) is 19.0. The Morgan fingerprint density at radius 3 is 2.59 bits per heavy atom. The summed E-state index contributed by atoms with van der Waals surface area (Å²) >= 11 is 3.20. The molecule has 0 saturated carbocycles. The molecule has 0 fully saturated rings. The van der Waals surface area contributed by atoms with Crippen LogP contribution in [0.15, 0.2) is 34.2 Å². The molecular weight excluding hydrogens is 404 g/mol. The molecule has 1 aliphatic rings. The van der Waals surface area contributed by atoms with Crippen LogP contribution < -0.4 is 10.3 Å². The Labute approximate surface area is 179 Å². The van der Waals surface area contributed by atoms with E-state index in [0.717, 1.165) is 43.7 Å². The van der Waals surface area contributed by atoms with Crippen molar-refractivity contribution in [2.24, 2.45) is 5.92 Å². The molecule has 0 saturated heterocycles. The summed E-state index contributed by atoms with van der Waals surface area (Å²) in [5.74, 6) is 1.17. The number of nitrogens with zero attached hydrogens (tertiary/aromatic N) is 2. The quantitative estimate of drug-likeness (QED) is 0.419. The highest BCUT2D eigenvalue weighted by Gasteiger charge is 2.28. The zero-order valence-electron chi connectivity index (χ0n) is 17.4. The number of fused-ring (bicyclic) bond motifs is 3. The first-order chi connectivity index (χ1) is 13.9. The Morgan fingerprint density at radius 2 is 1.97 bits per heavy atom. The van der Waals surface area contributed by atoms with Gasteiger partial charge in [0, 0.05) is 16.5 Å². The molecule has 1 atom stereocenters.